The molecule has 0 bridgehead atoms. The van der Waals surface area contributed by atoms with Crippen molar-refractivity contribution in [2.75, 3.05) is 6.54 Å². The standard InChI is InChI=1S/C16H16FN5/c1-11-19-20-15-10-21(5-6-22(11)15)9-13-8-14(17)7-12-3-2-4-18-16(12)13/h2-4,7-8H,5-6,9-10H2,1H3. The fraction of sp³-hybridized carbons (Fsp3) is 0.312. The van der Waals surface area contributed by atoms with Crippen molar-refractivity contribution in [3.05, 3.63) is 53.5 Å². The lowest BCUT2D eigenvalue weighted by atomic mass is 10.1. The molecule has 1 aliphatic heterocycles. The van der Waals surface area contributed by atoms with E-state index in [1.54, 1.807) is 12.3 Å². The normalized spacial score (nSPS) is 15.2. The number of aromatic nitrogens is 4. The topological polar surface area (TPSA) is 46.8 Å². The predicted molar refractivity (Wildman–Crippen MR) is 80.6 cm³/mol. The Balaban J connectivity index is 1.65. The van der Waals surface area contributed by atoms with Crippen molar-refractivity contribution in [1.29, 1.82) is 0 Å². The largest absolute Gasteiger partial charge is 0.313 e. The third-order valence-electron chi connectivity index (χ3n) is 4.16. The van der Waals surface area contributed by atoms with Crippen LogP contribution < -0.4 is 0 Å². The van der Waals surface area contributed by atoms with Gasteiger partial charge in [0.15, 0.2) is 0 Å². The number of rotatable bonds is 2. The van der Waals surface area contributed by atoms with Gasteiger partial charge in [0, 0.05) is 31.2 Å². The minimum atomic E-state index is -0.216. The first-order chi connectivity index (χ1) is 10.7. The average molecular weight is 297 g/mol. The smallest absolute Gasteiger partial charge is 0.147 e. The van der Waals surface area contributed by atoms with Gasteiger partial charge in [-0.2, -0.15) is 0 Å². The van der Waals surface area contributed by atoms with Crippen LogP contribution in [-0.2, 0) is 19.6 Å². The lowest BCUT2D eigenvalue weighted by Gasteiger charge is -2.27. The molecule has 0 saturated heterocycles. The molecule has 0 saturated carbocycles. The highest BCUT2D eigenvalue weighted by atomic mass is 19.1. The van der Waals surface area contributed by atoms with Crippen LogP contribution in [0.2, 0.25) is 0 Å². The Morgan fingerprint density at radius 1 is 1.23 bits per heavy atom. The van der Waals surface area contributed by atoms with Crippen molar-refractivity contribution in [2.45, 2.75) is 26.6 Å². The van der Waals surface area contributed by atoms with Gasteiger partial charge in [0.2, 0.25) is 0 Å². The van der Waals surface area contributed by atoms with E-state index in [2.05, 4.69) is 24.6 Å². The number of halogens is 1. The minimum absolute atomic E-state index is 0.216. The van der Waals surface area contributed by atoms with E-state index in [0.29, 0.717) is 6.54 Å². The van der Waals surface area contributed by atoms with Gasteiger partial charge in [-0.1, -0.05) is 6.07 Å². The molecule has 0 amide bonds. The van der Waals surface area contributed by atoms with Crippen LogP contribution >= 0.6 is 0 Å². The van der Waals surface area contributed by atoms with Crippen molar-refractivity contribution < 1.29 is 4.39 Å². The first kappa shape index (κ1) is 13.3. The Kier molecular flexibility index (Phi) is 3.11. The number of fused-ring (bicyclic) bond motifs is 2. The Bertz CT molecular complexity index is 842. The minimum Gasteiger partial charge on any atom is -0.313 e. The number of nitrogens with zero attached hydrogens (tertiary/aromatic N) is 5. The first-order valence-corrected chi connectivity index (χ1v) is 7.35. The van der Waals surface area contributed by atoms with E-state index in [-0.39, 0.29) is 5.82 Å². The second-order valence-electron chi connectivity index (χ2n) is 5.67. The molecule has 0 unspecified atom stereocenters. The molecule has 4 rings (SSSR count). The molecule has 1 aromatic carbocycles. The molecule has 6 heteroatoms. The van der Waals surface area contributed by atoms with Gasteiger partial charge in [0.25, 0.3) is 0 Å². The molecule has 2 aromatic heterocycles. The molecule has 0 radical (unpaired) electrons. The predicted octanol–water partition coefficient (Wildman–Crippen LogP) is 2.29. The highest BCUT2D eigenvalue weighted by Crippen LogP contribution is 2.22. The molecule has 5 nitrogen and oxygen atoms in total. The number of benzene rings is 1. The molecule has 3 heterocycles. The van der Waals surface area contributed by atoms with E-state index in [9.17, 15) is 4.39 Å². The van der Waals surface area contributed by atoms with Gasteiger partial charge < -0.3 is 4.57 Å². The first-order valence-electron chi connectivity index (χ1n) is 7.35. The van der Waals surface area contributed by atoms with Crippen molar-refractivity contribution in [3.63, 3.8) is 0 Å². The van der Waals surface area contributed by atoms with Crippen LogP contribution in [0.15, 0.2) is 30.5 Å². The summed E-state index contributed by atoms with van der Waals surface area (Å²) in [5.41, 5.74) is 1.78. The zero-order chi connectivity index (χ0) is 15.1. The lowest BCUT2D eigenvalue weighted by molar-refractivity contribution is 0.208. The fourth-order valence-corrected chi connectivity index (χ4v) is 3.08. The maximum Gasteiger partial charge on any atom is 0.147 e. The van der Waals surface area contributed by atoms with Crippen molar-refractivity contribution in [2.24, 2.45) is 0 Å². The van der Waals surface area contributed by atoms with Gasteiger partial charge in [-0.05, 0) is 30.7 Å². The second kappa shape index (κ2) is 5.14. The van der Waals surface area contributed by atoms with Crippen molar-refractivity contribution in [1.82, 2.24) is 24.6 Å². The second-order valence-corrected chi connectivity index (χ2v) is 5.67. The van der Waals surface area contributed by atoms with Gasteiger partial charge in [-0.3, -0.25) is 9.88 Å². The van der Waals surface area contributed by atoms with Gasteiger partial charge in [0.1, 0.15) is 17.5 Å². The molecule has 0 spiro atoms. The number of hydrogen-bond donors (Lipinski definition) is 0. The van der Waals surface area contributed by atoms with Gasteiger partial charge in [0.05, 0.1) is 12.1 Å². The van der Waals surface area contributed by atoms with Gasteiger partial charge in [-0.15, -0.1) is 10.2 Å². The summed E-state index contributed by atoms with van der Waals surface area (Å²) in [5, 5.41) is 9.17. The van der Waals surface area contributed by atoms with E-state index < -0.39 is 0 Å². The van der Waals surface area contributed by atoms with Crippen LogP contribution in [0.5, 0.6) is 0 Å². The molecule has 0 N–H and O–H groups in total. The Hall–Kier alpha value is -2.34. The maximum atomic E-state index is 13.8. The van der Waals surface area contributed by atoms with Crippen LogP contribution in [0, 0.1) is 12.7 Å². The Morgan fingerprint density at radius 3 is 3.05 bits per heavy atom. The van der Waals surface area contributed by atoms with Gasteiger partial charge >= 0.3 is 0 Å². The van der Waals surface area contributed by atoms with E-state index in [4.69, 9.17) is 0 Å². The van der Waals surface area contributed by atoms with Crippen LogP contribution in [0.25, 0.3) is 10.9 Å². The quantitative estimate of drug-likeness (QED) is 0.728. The molecule has 22 heavy (non-hydrogen) atoms. The Labute approximate surface area is 127 Å². The highest BCUT2D eigenvalue weighted by Gasteiger charge is 2.20. The molecule has 0 fully saturated rings. The summed E-state index contributed by atoms with van der Waals surface area (Å²) < 4.78 is 16.0. The average Bonchev–Trinajstić information content (AvgIpc) is 2.88. The third kappa shape index (κ3) is 2.25. The summed E-state index contributed by atoms with van der Waals surface area (Å²) in [5.74, 6) is 1.71. The number of aryl methyl sites for hydroxylation is 1. The lowest BCUT2D eigenvalue weighted by Crippen LogP contribution is -2.33. The monoisotopic (exact) mass is 297 g/mol. The molecule has 112 valence electrons. The van der Waals surface area contributed by atoms with Crippen LogP contribution in [0.3, 0.4) is 0 Å². The van der Waals surface area contributed by atoms with E-state index in [1.807, 2.05) is 19.1 Å². The fourth-order valence-electron chi connectivity index (χ4n) is 3.08. The zero-order valence-electron chi connectivity index (χ0n) is 12.3. The highest BCUT2D eigenvalue weighted by molar-refractivity contribution is 5.81. The molecular weight excluding hydrogens is 281 g/mol. The van der Waals surface area contributed by atoms with Crippen LogP contribution in [0.1, 0.15) is 17.2 Å². The van der Waals surface area contributed by atoms with Crippen LogP contribution in [0.4, 0.5) is 4.39 Å². The van der Waals surface area contributed by atoms with E-state index >= 15 is 0 Å². The molecular formula is C16H16FN5. The summed E-state index contributed by atoms with van der Waals surface area (Å²) in [6.45, 7) is 5.13. The van der Waals surface area contributed by atoms with Gasteiger partial charge in [-0.25, -0.2) is 4.39 Å². The van der Waals surface area contributed by atoms with Crippen molar-refractivity contribution in [3.8, 4) is 0 Å². The molecule has 0 atom stereocenters. The summed E-state index contributed by atoms with van der Waals surface area (Å²) in [7, 11) is 0. The SMILES string of the molecule is Cc1nnc2n1CCN(Cc1cc(F)cc3cccnc13)C2. The molecule has 3 aromatic rings. The van der Waals surface area contributed by atoms with Crippen molar-refractivity contribution >= 4 is 10.9 Å². The summed E-state index contributed by atoms with van der Waals surface area (Å²) in [6.07, 6.45) is 1.75. The molecule has 1 aliphatic rings. The van der Waals surface area contributed by atoms with E-state index in [0.717, 1.165) is 47.7 Å². The summed E-state index contributed by atoms with van der Waals surface area (Å²) >= 11 is 0. The summed E-state index contributed by atoms with van der Waals surface area (Å²) in [6, 6.07) is 6.84. The van der Waals surface area contributed by atoms with Crippen LogP contribution in [-0.4, -0.2) is 31.2 Å². The number of pyridine rings is 1. The van der Waals surface area contributed by atoms with E-state index in [1.165, 1.54) is 6.07 Å². The number of hydrogen-bond acceptors (Lipinski definition) is 4. The zero-order valence-corrected chi connectivity index (χ0v) is 12.3. The Morgan fingerprint density at radius 2 is 2.14 bits per heavy atom. The maximum absolute atomic E-state index is 13.8. The summed E-state index contributed by atoms with van der Waals surface area (Å²) in [4.78, 5) is 6.67. The third-order valence-corrected chi connectivity index (χ3v) is 4.16. The molecule has 0 aliphatic carbocycles.